The molecule has 30 heavy (non-hydrogen) atoms. The van der Waals surface area contributed by atoms with Gasteiger partial charge in [0.05, 0.1) is 4.90 Å². The Labute approximate surface area is 175 Å². The number of aromatic nitrogens is 1. The Morgan fingerprint density at radius 1 is 0.933 bits per heavy atom. The second-order valence-electron chi connectivity index (χ2n) is 7.46. The van der Waals surface area contributed by atoms with E-state index in [-0.39, 0.29) is 36.0 Å². The zero-order chi connectivity index (χ0) is 21.3. The van der Waals surface area contributed by atoms with E-state index in [0.717, 1.165) is 16.3 Å². The standard InChI is InChI=1S/C22H23N3O4S/c1-17-8-9-24(21(26)14-17)16-22(27)23-10-12-25(13-11-23)30(28,29)20-7-6-18-4-2-3-5-19(18)15-20/h2-9,14-15H,10-13,16H2,1H3. The van der Waals surface area contributed by atoms with Gasteiger partial charge in [0, 0.05) is 38.4 Å². The van der Waals surface area contributed by atoms with Crippen LogP contribution in [0.15, 0.2) is 70.5 Å². The molecular formula is C22H23N3O4S. The fraction of sp³-hybridized carbons (Fsp3) is 0.273. The molecule has 1 aromatic heterocycles. The minimum atomic E-state index is -3.63. The molecule has 8 heteroatoms. The second kappa shape index (κ2) is 8.04. The van der Waals surface area contributed by atoms with Gasteiger partial charge in [0.2, 0.25) is 15.9 Å². The third-order valence-electron chi connectivity index (χ3n) is 5.41. The summed E-state index contributed by atoms with van der Waals surface area (Å²) in [7, 11) is -3.63. The van der Waals surface area contributed by atoms with Gasteiger partial charge in [0.15, 0.2) is 0 Å². The molecule has 0 radical (unpaired) electrons. The van der Waals surface area contributed by atoms with E-state index < -0.39 is 10.0 Å². The molecule has 0 spiro atoms. The van der Waals surface area contributed by atoms with E-state index in [4.69, 9.17) is 0 Å². The molecule has 0 bridgehead atoms. The lowest BCUT2D eigenvalue weighted by atomic mass is 10.1. The predicted molar refractivity (Wildman–Crippen MR) is 115 cm³/mol. The number of pyridine rings is 1. The second-order valence-corrected chi connectivity index (χ2v) is 9.40. The summed E-state index contributed by atoms with van der Waals surface area (Å²) in [4.78, 5) is 26.4. The molecule has 1 fully saturated rings. The first-order valence-electron chi connectivity index (χ1n) is 9.78. The molecule has 2 aromatic carbocycles. The molecule has 3 aromatic rings. The summed E-state index contributed by atoms with van der Waals surface area (Å²) < 4.78 is 28.9. The summed E-state index contributed by atoms with van der Waals surface area (Å²) in [5, 5.41) is 1.86. The first-order chi connectivity index (χ1) is 14.3. The third-order valence-corrected chi connectivity index (χ3v) is 7.30. The van der Waals surface area contributed by atoms with Crippen LogP contribution in [0.25, 0.3) is 10.8 Å². The number of amides is 1. The summed E-state index contributed by atoms with van der Waals surface area (Å²) in [5.41, 5.74) is 0.622. The van der Waals surface area contributed by atoms with Crippen molar-refractivity contribution in [2.45, 2.75) is 18.4 Å². The molecule has 2 heterocycles. The fourth-order valence-corrected chi connectivity index (χ4v) is 5.10. The van der Waals surface area contributed by atoms with Gasteiger partial charge in [-0.2, -0.15) is 4.31 Å². The first kappa shape index (κ1) is 20.3. The molecule has 0 atom stereocenters. The van der Waals surface area contributed by atoms with Gasteiger partial charge in [-0.05, 0) is 41.5 Å². The summed E-state index contributed by atoms with van der Waals surface area (Å²) in [6, 6.07) is 16.0. The summed E-state index contributed by atoms with van der Waals surface area (Å²) >= 11 is 0. The number of rotatable bonds is 4. The largest absolute Gasteiger partial charge is 0.339 e. The summed E-state index contributed by atoms with van der Waals surface area (Å²) in [6.07, 6.45) is 1.61. The van der Waals surface area contributed by atoms with Gasteiger partial charge in [-0.1, -0.05) is 30.3 Å². The van der Waals surface area contributed by atoms with Crippen molar-refractivity contribution < 1.29 is 13.2 Å². The maximum absolute atomic E-state index is 13.1. The van der Waals surface area contributed by atoms with Gasteiger partial charge in [-0.3, -0.25) is 9.59 Å². The van der Waals surface area contributed by atoms with Crippen LogP contribution < -0.4 is 5.56 Å². The topological polar surface area (TPSA) is 79.7 Å². The van der Waals surface area contributed by atoms with Crippen molar-refractivity contribution in [1.82, 2.24) is 13.8 Å². The zero-order valence-corrected chi connectivity index (χ0v) is 17.5. The average molecular weight is 426 g/mol. The Morgan fingerprint density at radius 3 is 2.33 bits per heavy atom. The highest BCUT2D eigenvalue weighted by atomic mass is 32.2. The van der Waals surface area contributed by atoms with Gasteiger partial charge in [-0.15, -0.1) is 0 Å². The van der Waals surface area contributed by atoms with E-state index in [1.54, 1.807) is 35.4 Å². The minimum absolute atomic E-state index is 0.0451. The highest BCUT2D eigenvalue weighted by Gasteiger charge is 2.30. The molecule has 0 N–H and O–H groups in total. The van der Waals surface area contributed by atoms with Crippen LogP contribution in [0.5, 0.6) is 0 Å². The molecule has 1 amide bonds. The third kappa shape index (κ3) is 4.01. The van der Waals surface area contributed by atoms with Crippen LogP contribution >= 0.6 is 0 Å². The maximum Gasteiger partial charge on any atom is 0.251 e. The number of hydrogen-bond donors (Lipinski definition) is 0. The van der Waals surface area contributed by atoms with Crippen LogP contribution in [0.3, 0.4) is 0 Å². The van der Waals surface area contributed by atoms with E-state index in [2.05, 4.69) is 0 Å². The van der Waals surface area contributed by atoms with E-state index in [1.165, 1.54) is 14.9 Å². The van der Waals surface area contributed by atoms with Crippen LogP contribution in [0.2, 0.25) is 0 Å². The number of sulfonamides is 1. The van der Waals surface area contributed by atoms with Crippen molar-refractivity contribution >= 4 is 26.7 Å². The van der Waals surface area contributed by atoms with E-state index in [0.29, 0.717) is 13.1 Å². The molecular weight excluding hydrogens is 402 g/mol. The van der Waals surface area contributed by atoms with Crippen molar-refractivity contribution in [3.63, 3.8) is 0 Å². The number of fused-ring (bicyclic) bond motifs is 1. The van der Waals surface area contributed by atoms with E-state index in [9.17, 15) is 18.0 Å². The van der Waals surface area contributed by atoms with Crippen LogP contribution in [0.1, 0.15) is 5.56 Å². The average Bonchev–Trinajstić information content (AvgIpc) is 2.75. The molecule has 0 unspecified atom stereocenters. The van der Waals surface area contributed by atoms with Crippen molar-refractivity contribution in [2.75, 3.05) is 26.2 Å². The highest BCUT2D eigenvalue weighted by Crippen LogP contribution is 2.22. The number of aryl methyl sites for hydroxylation is 1. The minimum Gasteiger partial charge on any atom is -0.339 e. The number of benzene rings is 2. The molecule has 0 aliphatic carbocycles. The Hall–Kier alpha value is -2.97. The maximum atomic E-state index is 13.1. The van der Waals surface area contributed by atoms with Crippen molar-refractivity contribution in [3.05, 3.63) is 76.7 Å². The van der Waals surface area contributed by atoms with Crippen LogP contribution in [-0.4, -0.2) is 54.3 Å². The quantitative estimate of drug-likeness (QED) is 0.639. The smallest absolute Gasteiger partial charge is 0.251 e. The fourth-order valence-electron chi connectivity index (χ4n) is 3.64. The predicted octanol–water partition coefficient (Wildman–Crippen LogP) is 1.84. The number of piperazine rings is 1. The lowest BCUT2D eigenvalue weighted by Crippen LogP contribution is -2.51. The molecule has 1 saturated heterocycles. The Morgan fingerprint density at radius 2 is 1.63 bits per heavy atom. The normalized spacial score (nSPS) is 15.4. The lowest BCUT2D eigenvalue weighted by molar-refractivity contribution is -0.133. The summed E-state index contributed by atoms with van der Waals surface area (Å²) in [5.74, 6) is -0.191. The molecule has 1 aliphatic heterocycles. The molecule has 0 saturated carbocycles. The first-order valence-corrected chi connectivity index (χ1v) is 11.2. The van der Waals surface area contributed by atoms with E-state index >= 15 is 0 Å². The monoisotopic (exact) mass is 425 g/mol. The van der Waals surface area contributed by atoms with Gasteiger partial charge in [-0.25, -0.2) is 8.42 Å². The number of nitrogens with zero attached hydrogens (tertiary/aromatic N) is 3. The van der Waals surface area contributed by atoms with E-state index in [1.807, 2.05) is 31.2 Å². The van der Waals surface area contributed by atoms with Crippen LogP contribution in [0, 0.1) is 6.92 Å². The van der Waals surface area contributed by atoms with Gasteiger partial charge < -0.3 is 9.47 Å². The van der Waals surface area contributed by atoms with Gasteiger partial charge >= 0.3 is 0 Å². The van der Waals surface area contributed by atoms with Crippen LogP contribution in [0.4, 0.5) is 0 Å². The number of carbonyl (C=O) groups excluding carboxylic acids is 1. The molecule has 156 valence electrons. The van der Waals surface area contributed by atoms with Crippen molar-refractivity contribution in [1.29, 1.82) is 0 Å². The zero-order valence-electron chi connectivity index (χ0n) is 16.7. The Bertz CT molecular complexity index is 1260. The molecule has 1 aliphatic rings. The van der Waals surface area contributed by atoms with Crippen molar-refractivity contribution in [2.24, 2.45) is 0 Å². The highest BCUT2D eigenvalue weighted by molar-refractivity contribution is 7.89. The Kier molecular flexibility index (Phi) is 5.44. The SMILES string of the molecule is Cc1ccn(CC(=O)N2CCN(S(=O)(=O)c3ccc4ccccc4c3)CC2)c(=O)c1. The lowest BCUT2D eigenvalue weighted by Gasteiger charge is -2.34. The van der Waals surface area contributed by atoms with Gasteiger partial charge in [0.1, 0.15) is 6.54 Å². The number of carbonyl (C=O) groups is 1. The van der Waals surface area contributed by atoms with Crippen LogP contribution in [-0.2, 0) is 21.4 Å². The van der Waals surface area contributed by atoms with Crippen molar-refractivity contribution in [3.8, 4) is 0 Å². The summed E-state index contributed by atoms with van der Waals surface area (Å²) in [6.45, 7) is 2.82. The Balaban J connectivity index is 1.44. The molecule has 4 rings (SSSR count). The van der Waals surface area contributed by atoms with Gasteiger partial charge in [0.25, 0.3) is 5.56 Å². The number of hydrogen-bond acceptors (Lipinski definition) is 4. The molecule has 7 nitrogen and oxygen atoms in total.